The van der Waals surface area contributed by atoms with Crippen LogP contribution < -0.4 is 0 Å². The number of hydrogen-bond donors (Lipinski definition) is 0. The molecular weight excluding hydrogens is 868 g/mol. The van der Waals surface area contributed by atoms with Crippen LogP contribution in [-0.4, -0.2) is 54.3 Å². The van der Waals surface area contributed by atoms with E-state index in [0.29, 0.717) is 26.4 Å². The van der Waals surface area contributed by atoms with Gasteiger partial charge in [0, 0.05) is 0 Å². The van der Waals surface area contributed by atoms with Gasteiger partial charge in [0.15, 0.2) is 0 Å². The topological polar surface area (TPSA) is 49.9 Å². The van der Waals surface area contributed by atoms with Gasteiger partial charge in [0.1, 0.15) is 0 Å². The number of benzene rings is 4. The monoisotopic (exact) mass is 909 g/mol. The molecule has 12 rings (SSSR count). The third-order valence-electron chi connectivity index (χ3n) is 12.3. The molecule has 6 bridgehead atoms. The van der Waals surface area contributed by atoms with E-state index < -0.39 is 17.6 Å². The van der Waals surface area contributed by atoms with Crippen LogP contribution >= 0.6 is 0 Å². The zero-order valence-corrected chi connectivity index (χ0v) is 34.1. The fraction of sp³-hybridized carbons (Fsp3) is 0.348. The summed E-state index contributed by atoms with van der Waals surface area (Å²) in [6, 6.07) is 35.2. The normalized spacial score (nSPS) is 25.3. The summed E-state index contributed by atoms with van der Waals surface area (Å²) in [7, 11) is 0. The number of fused-ring (bicyclic) bond motifs is 8. The molecule has 4 aromatic rings. The van der Waals surface area contributed by atoms with E-state index in [-0.39, 0.29) is 35.0 Å². The molecule has 55 heavy (non-hydrogen) atoms. The molecule has 4 fully saturated rings. The molecule has 0 aromatic heterocycles. The first-order valence-electron chi connectivity index (χ1n) is 19.3. The first-order chi connectivity index (χ1) is 26.5. The summed E-state index contributed by atoms with van der Waals surface area (Å²) in [5.41, 5.74) is 12.1. The Bertz CT molecular complexity index is 2230. The van der Waals surface area contributed by atoms with E-state index in [9.17, 15) is 0 Å². The van der Waals surface area contributed by atoms with Gasteiger partial charge in [-0.15, -0.1) is 0 Å². The molecule has 0 aliphatic carbocycles. The summed E-state index contributed by atoms with van der Waals surface area (Å²) in [6.07, 6.45) is 0. The fourth-order valence-electron chi connectivity index (χ4n) is 9.19. The van der Waals surface area contributed by atoms with Crippen LogP contribution in [0.2, 0.25) is 0 Å². The Balaban J connectivity index is 1.06. The summed E-state index contributed by atoms with van der Waals surface area (Å²) >= 11 is -0.812. The average molecular weight is 910 g/mol. The van der Waals surface area contributed by atoms with Gasteiger partial charge in [0.05, 0.1) is 0 Å². The maximum absolute atomic E-state index is 6.69. The molecule has 0 amide bonds. The molecule has 4 atom stereocenters. The Morgan fingerprint density at radius 2 is 0.745 bits per heavy atom. The van der Waals surface area contributed by atoms with E-state index >= 15 is 0 Å². The van der Waals surface area contributed by atoms with Gasteiger partial charge in [-0.2, -0.15) is 0 Å². The predicted molar refractivity (Wildman–Crippen MR) is 205 cm³/mol. The molecule has 8 nitrogen and oxygen atoms in total. The van der Waals surface area contributed by atoms with Crippen LogP contribution in [0.4, 0.5) is 0 Å². The molecule has 9 heteroatoms. The van der Waals surface area contributed by atoms with Crippen molar-refractivity contribution in [2.75, 3.05) is 26.4 Å². The van der Waals surface area contributed by atoms with Crippen LogP contribution in [0.3, 0.4) is 0 Å². The Labute approximate surface area is 330 Å². The van der Waals surface area contributed by atoms with Crippen LogP contribution in [0.15, 0.2) is 96.3 Å². The zero-order valence-electron chi connectivity index (χ0n) is 31.8. The van der Waals surface area contributed by atoms with Crippen molar-refractivity contribution in [1.82, 2.24) is 19.6 Å². The molecule has 4 unspecified atom stereocenters. The van der Waals surface area contributed by atoms with Crippen LogP contribution in [0.25, 0.3) is 22.3 Å². The molecule has 8 aliphatic heterocycles. The maximum atomic E-state index is 6.69. The quantitative estimate of drug-likeness (QED) is 0.188. The molecule has 0 radical (unpaired) electrons. The van der Waals surface area contributed by atoms with Crippen molar-refractivity contribution in [3.05, 3.63) is 142 Å². The standard InChI is InChI=1S/C46H42N4O4.Pt/c1-45(2,3)35-11-7-27(8-12-35)29-15-31-19-32(16-29)38-22-52-42-44-50(26-48(38)42)40(24-54-44)34-18-30(28-9-13-36(14-10-28)46(4,5)6)17-33(20-34)39-23-53-43-41-47(25-49(39)43)37(31)21-51-41;/h7-18,37-40H,21-24H2,1-6H3;/q-2;. The van der Waals surface area contributed by atoms with E-state index in [4.69, 9.17) is 18.9 Å². The summed E-state index contributed by atoms with van der Waals surface area (Å²) in [5.74, 6) is 3.28. The molecule has 0 N–H and O–H groups in total. The van der Waals surface area contributed by atoms with Crippen LogP contribution in [0, 0.1) is 12.1 Å². The summed E-state index contributed by atoms with van der Waals surface area (Å²) in [4.78, 5) is 9.79. The number of nitrogens with zero attached hydrogens (tertiary/aromatic N) is 4. The van der Waals surface area contributed by atoms with Crippen molar-refractivity contribution in [2.24, 2.45) is 0 Å². The molecule has 4 saturated heterocycles. The minimum atomic E-state index is -0.812. The Morgan fingerprint density at radius 1 is 0.455 bits per heavy atom. The van der Waals surface area contributed by atoms with Crippen molar-refractivity contribution < 1.29 is 36.6 Å². The molecule has 282 valence electrons. The summed E-state index contributed by atoms with van der Waals surface area (Å²) in [5, 5.41) is 0. The number of hydrogen-bond acceptors (Lipinski definition) is 8. The van der Waals surface area contributed by atoms with Crippen LogP contribution in [-0.2, 0) is 47.4 Å². The molecule has 0 saturated carbocycles. The van der Waals surface area contributed by atoms with Gasteiger partial charge in [-0.25, -0.2) is 0 Å². The van der Waals surface area contributed by atoms with Gasteiger partial charge >= 0.3 is 332 Å². The summed E-state index contributed by atoms with van der Waals surface area (Å²) in [6.45, 7) is 15.7. The SMILES string of the molecule is CC(C)(C)c1ccc(-c2cc3[c-]c(c2)C2COC4=C5OCC6c7[c-]c(cc(-c8ccc(C(C)(C)C)cc8)c7)C7COC8=C9OCC3N9[C](=[Pt]=[C](N42)N56)N87)cc1. The number of ether oxygens (including phenoxy) is 4. The van der Waals surface area contributed by atoms with Crippen molar-refractivity contribution in [1.29, 1.82) is 0 Å². The third-order valence-corrected chi connectivity index (χ3v) is 15.5. The van der Waals surface area contributed by atoms with Crippen molar-refractivity contribution in [3.63, 3.8) is 0 Å². The average Bonchev–Trinajstić information content (AvgIpc) is 4.01. The molecular formula is C46H42N4O4Pt-2. The van der Waals surface area contributed by atoms with Crippen LogP contribution in [0.5, 0.6) is 0 Å². The van der Waals surface area contributed by atoms with Crippen molar-refractivity contribution in [3.8, 4) is 22.3 Å². The predicted octanol–water partition coefficient (Wildman–Crippen LogP) is 7.97. The first-order valence-corrected chi connectivity index (χ1v) is 21.6. The zero-order chi connectivity index (χ0) is 37.1. The van der Waals surface area contributed by atoms with Gasteiger partial charge < -0.3 is 0 Å². The van der Waals surface area contributed by atoms with Gasteiger partial charge in [-0.1, -0.05) is 0 Å². The van der Waals surface area contributed by atoms with Gasteiger partial charge in [0.2, 0.25) is 0 Å². The second-order valence-electron chi connectivity index (χ2n) is 17.8. The summed E-state index contributed by atoms with van der Waals surface area (Å²) < 4.78 is 29.3. The second kappa shape index (κ2) is 10.9. The Morgan fingerprint density at radius 3 is 1.02 bits per heavy atom. The van der Waals surface area contributed by atoms with Crippen molar-refractivity contribution in [2.45, 2.75) is 76.5 Å². The van der Waals surface area contributed by atoms with Crippen LogP contribution in [0.1, 0.15) is 99.1 Å². The molecule has 8 aliphatic rings. The minimum absolute atomic E-state index is 0.0385. The van der Waals surface area contributed by atoms with E-state index in [1.165, 1.54) is 41.7 Å². The Kier molecular flexibility index (Phi) is 6.45. The third kappa shape index (κ3) is 4.55. The van der Waals surface area contributed by atoms with E-state index in [0.717, 1.165) is 45.8 Å². The van der Waals surface area contributed by atoms with E-state index in [1.54, 1.807) is 0 Å². The van der Waals surface area contributed by atoms with Gasteiger partial charge in [-0.05, 0) is 0 Å². The molecule has 4 aromatic carbocycles. The van der Waals surface area contributed by atoms with Crippen molar-refractivity contribution >= 4 is 8.29 Å². The molecule has 0 spiro atoms. The second-order valence-corrected chi connectivity index (χ2v) is 20.4. The number of rotatable bonds is 2. The van der Waals surface area contributed by atoms with Gasteiger partial charge in [0.25, 0.3) is 0 Å². The van der Waals surface area contributed by atoms with E-state index in [1.807, 2.05) is 0 Å². The Hall–Kier alpha value is -4.81. The first kappa shape index (κ1) is 32.4. The molecule has 8 heterocycles. The van der Waals surface area contributed by atoms with E-state index in [2.05, 4.69) is 146 Å². The van der Waals surface area contributed by atoms with Gasteiger partial charge in [-0.3, -0.25) is 0 Å². The fourth-order valence-corrected chi connectivity index (χ4v) is 13.1.